The minimum Gasteiger partial charge on any atom is -0.497 e. The van der Waals surface area contributed by atoms with Crippen LogP contribution in [-0.2, 0) is 27.2 Å². The second kappa shape index (κ2) is 14.6. The van der Waals surface area contributed by atoms with Gasteiger partial charge in [-0.25, -0.2) is 4.79 Å². The lowest BCUT2D eigenvalue weighted by Gasteiger charge is -2.51. The zero-order valence-electron chi connectivity index (χ0n) is 29.1. The fourth-order valence-electron chi connectivity index (χ4n) is 6.93. The summed E-state index contributed by atoms with van der Waals surface area (Å²) in [6.45, 7) is 18.2. The Morgan fingerprint density at radius 2 is 1.64 bits per heavy atom. The van der Waals surface area contributed by atoms with E-state index in [1.807, 2.05) is 0 Å². The summed E-state index contributed by atoms with van der Waals surface area (Å²) >= 11 is 0. The predicted octanol–water partition coefficient (Wildman–Crippen LogP) is 5.88. The average molecular weight is 690 g/mol. The van der Waals surface area contributed by atoms with Crippen LogP contribution >= 0.6 is 0 Å². The molecule has 5 rings (SSSR count). The molecule has 1 amide bonds. The monoisotopic (exact) mass is 689 g/mol. The highest BCUT2D eigenvalue weighted by molar-refractivity contribution is 6.84. The highest BCUT2D eigenvalue weighted by Gasteiger charge is 2.62. The lowest BCUT2D eigenvalue weighted by molar-refractivity contribution is -0.182. The summed E-state index contributed by atoms with van der Waals surface area (Å²) in [4.78, 5) is 30.7. The molecule has 0 saturated carbocycles. The maximum atomic E-state index is 13.6. The van der Waals surface area contributed by atoms with Gasteiger partial charge in [0.1, 0.15) is 29.9 Å². The number of hydrogen-bond donors (Lipinski definition) is 1. The molecule has 260 valence electrons. The first-order chi connectivity index (χ1) is 22.3. The number of methoxy groups -OCH3 is 1. The van der Waals surface area contributed by atoms with Gasteiger partial charge in [0.05, 0.1) is 13.7 Å². The van der Waals surface area contributed by atoms with Crippen LogP contribution in [0.4, 0.5) is 5.82 Å². The molecule has 0 bridgehead atoms. The quantitative estimate of drug-likeness (QED) is 0.302. The molecule has 0 spiro atoms. The Morgan fingerprint density at radius 1 is 0.979 bits per heavy atom. The molecule has 1 aromatic heterocycles. The Kier molecular flexibility index (Phi) is 11.1. The van der Waals surface area contributed by atoms with E-state index >= 15 is 0 Å². The third kappa shape index (κ3) is 7.15. The third-order valence-corrected chi connectivity index (χ3v) is 19.8. The molecular formula is C33H51N3O9Si2. The average Bonchev–Trinajstić information content (AvgIpc) is 3.65. The van der Waals surface area contributed by atoms with Gasteiger partial charge in [-0.3, -0.25) is 9.36 Å². The zero-order chi connectivity index (χ0) is 34.1. The largest absolute Gasteiger partial charge is 0.497 e. The first-order valence-electron chi connectivity index (χ1n) is 16.8. The number of nitrogens with zero attached hydrogens (tertiary/aromatic N) is 2. The molecule has 1 N–H and O–H groups in total. The molecule has 5 atom stereocenters. The van der Waals surface area contributed by atoms with Crippen molar-refractivity contribution in [3.05, 3.63) is 52.6 Å². The van der Waals surface area contributed by atoms with Crippen LogP contribution in [0.25, 0.3) is 0 Å². The van der Waals surface area contributed by atoms with Crippen LogP contribution in [0.15, 0.2) is 41.3 Å². The summed E-state index contributed by atoms with van der Waals surface area (Å²) < 4.78 is 47.4. The molecule has 0 aliphatic carbocycles. The summed E-state index contributed by atoms with van der Waals surface area (Å²) in [5.41, 5.74) is 0.372. The predicted molar refractivity (Wildman–Crippen MR) is 181 cm³/mol. The number of aromatic nitrogens is 2. The van der Waals surface area contributed by atoms with Gasteiger partial charge in [-0.15, -0.1) is 0 Å². The maximum Gasteiger partial charge on any atom is 0.351 e. The number of rotatable bonds is 10. The Labute approximate surface area is 279 Å². The molecular weight excluding hydrogens is 639 g/mol. The van der Waals surface area contributed by atoms with E-state index in [1.165, 1.54) is 4.57 Å². The van der Waals surface area contributed by atoms with Gasteiger partial charge in [-0.2, -0.15) is 4.98 Å². The van der Waals surface area contributed by atoms with Crippen molar-refractivity contribution in [2.24, 2.45) is 0 Å². The van der Waals surface area contributed by atoms with E-state index in [2.05, 4.69) is 65.7 Å². The van der Waals surface area contributed by atoms with E-state index in [-0.39, 0.29) is 34.6 Å². The molecule has 47 heavy (non-hydrogen) atoms. The Bertz CT molecular complexity index is 1410. The minimum absolute atomic E-state index is 0.106. The van der Waals surface area contributed by atoms with Crippen LogP contribution in [-0.4, -0.2) is 77.5 Å². The molecule has 4 heterocycles. The molecule has 2 aromatic rings. The van der Waals surface area contributed by atoms with Crippen molar-refractivity contribution in [2.45, 2.75) is 121 Å². The summed E-state index contributed by atoms with van der Waals surface area (Å²) in [6, 6.07) is 8.24. The van der Waals surface area contributed by atoms with Crippen molar-refractivity contribution in [2.75, 3.05) is 25.6 Å². The number of amides is 1. The van der Waals surface area contributed by atoms with Crippen molar-refractivity contribution in [3.63, 3.8) is 0 Å². The molecule has 3 saturated heterocycles. The summed E-state index contributed by atoms with van der Waals surface area (Å²) in [5.74, 6) is 0.357. The Hall–Kier alpha value is -2.44. The fraction of sp³-hybridized carbons (Fsp3) is 0.667. The number of anilines is 1. The van der Waals surface area contributed by atoms with E-state index < -0.39 is 59.5 Å². The van der Waals surface area contributed by atoms with Crippen LogP contribution in [0.3, 0.4) is 0 Å². The van der Waals surface area contributed by atoms with Gasteiger partial charge in [-0.05, 0) is 58.9 Å². The second-order valence-corrected chi connectivity index (χ2v) is 22.7. The van der Waals surface area contributed by atoms with Crippen molar-refractivity contribution < 1.29 is 36.7 Å². The molecule has 1 unspecified atom stereocenters. The lowest BCUT2D eigenvalue weighted by Crippen LogP contribution is -2.66. The van der Waals surface area contributed by atoms with Crippen molar-refractivity contribution in [3.8, 4) is 5.75 Å². The van der Waals surface area contributed by atoms with Crippen LogP contribution in [0.1, 0.15) is 84.8 Å². The molecule has 3 aliphatic heterocycles. The maximum absolute atomic E-state index is 13.6. The van der Waals surface area contributed by atoms with Gasteiger partial charge in [0.25, 0.3) is 5.91 Å². The van der Waals surface area contributed by atoms with Gasteiger partial charge in [0.2, 0.25) is 0 Å². The molecule has 1 aromatic carbocycles. The smallest absolute Gasteiger partial charge is 0.351 e. The van der Waals surface area contributed by atoms with Crippen molar-refractivity contribution in [1.82, 2.24) is 9.55 Å². The zero-order valence-corrected chi connectivity index (χ0v) is 31.1. The fourth-order valence-corrected chi connectivity index (χ4v) is 18.1. The number of fused-ring (bicyclic) bond motifs is 1. The second-order valence-electron chi connectivity index (χ2n) is 13.9. The summed E-state index contributed by atoms with van der Waals surface area (Å²) in [6.07, 6.45) is 0.0451. The minimum atomic E-state index is -3.00. The van der Waals surface area contributed by atoms with E-state index in [0.717, 1.165) is 12.8 Å². The lowest BCUT2D eigenvalue weighted by atomic mass is 10.1. The van der Waals surface area contributed by atoms with Crippen LogP contribution in [0.5, 0.6) is 5.75 Å². The van der Waals surface area contributed by atoms with E-state index in [0.29, 0.717) is 17.9 Å². The highest BCUT2D eigenvalue weighted by atomic mass is 28.5. The Balaban J connectivity index is 1.49. The number of ether oxygens (including phenoxy) is 4. The van der Waals surface area contributed by atoms with Gasteiger partial charge in [0, 0.05) is 24.8 Å². The topological polar surface area (TPSA) is 129 Å². The molecule has 12 nitrogen and oxygen atoms in total. The normalized spacial score (nSPS) is 27.2. The molecule has 3 aliphatic rings. The van der Waals surface area contributed by atoms with Gasteiger partial charge >= 0.3 is 22.8 Å². The first-order valence-corrected chi connectivity index (χ1v) is 20.7. The van der Waals surface area contributed by atoms with Crippen LogP contribution in [0.2, 0.25) is 22.2 Å². The van der Waals surface area contributed by atoms with E-state index in [9.17, 15) is 9.59 Å². The molecule has 14 heteroatoms. The molecule has 3 fully saturated rings. The van der Waals surface area contributed by atoms with Gasteiger partial charge in [-0.1, -0.05) is 55.4 Å². The number of carbonyl (C=O) groups is 1. The standard InChI is InChI=1S/C33H51N3O9Si2/c1-20(2)46(21(3)4)41-19-26-29(44-47(45-46,22(5)6)23(7)8)30(43-28-11-10-18-40-28)32(42-26)36-17-16-27(35-33(36)38)34-31(37)24-12-14-25(39-9)15-13-24/h12-17,20-23,26,28-30,32H,10-11,18-19H2,1-9H3,(H,34,35,37,38)/t26-,28?,29-,30-,32-/m1/s1. The highest BCUT2D eigenvalue weighted by Crippen LogP contribution is 2.49. The third-order valence-electron chi connectivity index (χ3n) is 9.51. The SMILES string of the molecule is COc1ccc(C(=O)Nc2ccn([C@@H]3O[C@@H]4CO[Si](C(C)C)(C(C)C)O[Si](C(C)C)(C(C)C)O[C@H]4[C@H]3OC3CCCO3)c(=O)n2)cc1. The first kappa shape index (κ1) is 35.9. The van der Waals surface area contributed by atoms with E-state index in [4.69, 9.17) is 31.9 Å². The Morgan fingerprint density at radius 3 is 2.19 bits per heavy atom. The van der Waals surface area contributed by atoms with Crippen LogP contribution < -0.4 is 15.7 Å². The van der Waals surface area contributed by atoms with E-state index in [1.54, 1.807) is 43.6 Å². The molecule has 0 radical (unpaired) electrons. The van der Waals surface area contributed by atoms with Crippen LogP contribution in [0, 0.1) is 0 Å². The van der Waals surface area contributed by atoms with Gasteiger partial charge < -0.3 is 37.2 Å². The van der Waals surface area contributed by atoms with Crippen molar-refractivity contribution >= 4 is 28.8 Å². The van der Waals surface area contributed by atoms with Gasteiger partial charge in [0.15, 0.2) is 12.5 Å². The number of carbonyl (C=O) groups excluding carboxylic acids is 1. The summed E-state index contributed by atoms with van der Waals surface area (Å²) in [5, 5.41) is 2.71. The number of nitrogens with one attached hydrogen (secondary N) is 1. The number of benzene rings is 1. The van der Waals surface area contributed by atoms with Crippen molar-refractivity contribution in [1.29, 1.82) is 0 Å². The number of hydrogen-bond acceptors (Lipinski definition) is 10. The summed E-state index contributed by atoms with van der Waals surface area (Å²) in [7, 11) is -4.24.